The van der Waals surface area contributed by atoms with Gasteiger partial charge < -0.3 is 14.6 Å². The summed E-state index contributed by atoms with van der Waals surface area (Å²) in [5.41, 5.74) is 0.651. The first kappa shape index (κ1) is 13.6. The van der Waals surface area contributed by atoms with Crippen LogP contribution in [0.25, 0.3) is 6.08 Å². The molecule has 2 rings (SSSR count). The average molecular weight is 271 g/mol. The lowest BCUT2D eigenvalue weighted by Gasteiger charge is -2.06. The number of rotatable bonds is 5. The number of carboxylic acids is 1. The van der Waals surface area contributed by atoms with E-state index in [0.717, 1.165) is 11.8 Å². The van der Waals surface area contributed by atoms with Crippen molar-refractivity contribution in [1.82, 2.24) is 4.98 Å². The number of pyridine rings is 1. The number of carboxylic acid groups (broad SMARTS) is 1. The van der Waals surface area contributed by atoms with E-state index >= 15 is 0 Å². The second kappa shape index (κ2) is 6.38. The molecule has 0 unspecified atom stereocenters. The SMILES string of the molecule is COc1ccc(Oc2cncc(/C=C/C(=O)O)c2)cc1. The van der Waals surface area contributed by atoms with Gasteiger partial charge in [0.25, 0.3) is 0 Å². The molecule has 0 saturated heterocycles. The Morgan fingerprint density at radius 3 is 2.50 bits per heavy atom. The Hall–Kier alpha value is -2.82. The Kier molecular flexibility index (Phi) is 4.34. The monoisotopic (exact) mass is 271 g/mol. The van der Waals surface area contributed by atoms with Crippen LogP contribution in [0.4, 0.5) is 0 Å². The summed E-state index contributed by atoms with van der Waals surface area (Å²) in [5.74, 6) is 0.912. The molecule has 5 heteroatoms. The molecule has 0 bridgehead atoms. The fourth-order valence-electron chi connectivity index (χ4n) is 1.53. The number of nitrogens with zero attached hydrogens (tertiary/aromatic N) is 1. The fraction of sp³-hybridized carbons (Fsp3) is 0.0667. The van der Waals surface area contributed by atoms with Gasteiger partial charge in [-0.1, -0.05) is 0 Å². The Labute approximate surface area is 116 Å². The minimum absolute atomic E-state index is 0.530. The average Bonchev–Trinajstić information content (AvgIpc) is 2.46. The standard InChI is InChI=1S/C15H13NO4/c1-19-12-3-5-13(6-4-12)20-14-8-11(9-16-10-14)2-7-15(17)18/h2-10H,1H3,(H,17,18)/b7-2+. The van der Waals surface area contributed by atoms with Gasteiger partial charge in [-0.25, -0.2) is 4.79 Å². The summed E-state index contributed by atoms with van der Waals surface area (Å²) >= 11 is 0. The molecule has 0 fully saturated rings. The van der Waals surface area contributed by atoms with E-state index < -0.39 is 5.97 Å². The van der Waals surface area contributed by atoms with Crippen LogP contribution in [-0.2, 0) is 4.79 Å². The molecule has 0 amide bonds. The molecule has 0 radical (unpaired) electrons. The first-order valence-corrected chi connectivity index (χ1v) is 5.85. The van der Waals surface area contributed by atoms with Crippen molar-refractivity contribution in [2.45, 2.75) is 0 Å². The topological polar surface area (TPSA) is 68.7 Å². The van der Waals surface area contributed by atoms with E-state index in [9.17, 15) is 4.79 Å². The van der Waals surface area contributed by atoms with Crippen molar-refractivity contribution in [3.8, 4) is 17.2 Å². The number of aliphatic carboxylic acids is 1. The van der Waals surface area contributed by atoms with E-state index in [4.69, 9.17) is 14.6 Å². The Morgan fingerprint density at radius 2 is 1.85 bits per heavy atom. The normalized spacial score (nSPS) is 10.4. The van der Waals surface area contributed by atoms with Gasteiger partial charge >= 0.3 is 5.97 Å². The van der Waals surface area contributed by atoms with E-state index in [1.165, 1.54) is 6.08 Å². The molecule has 20 heavy (non-hydrogen) atoms. The number of ether oxygens (including phenoxy) is 2. The van der Waals surface area contributed by atoms with Crippen LogP contribution < -0.4 is 9.47 Å². The van der Waals surface area contributed by atoms with Crippen LogP contribution in [-0.4, -0.2) is 23.2 Å². The molecule has 102 valence electrons. The number of carbonyl (C=O) groups is 1. The molecule has 0 aliphatic carbocycles. The lowest BCUT2D eigenvalue weighted by molar-refractivity contribution is -0.131. The van der Waals surface area contributed by atoms with Crippen LogP contribution in [0.1, 0.15) is 5.56 Å². The number of benzene rings is 1. The Morgan fingerprint density at radius 1 is 1.15 bits per heavy atom. The van der Waals surface area contributed by atoms with Gasteiger partial charge in [-0.3, -0.25) is 4.98 Å². The lowest BCUT2D eigenvalue weighted by Crippen LogP contribution is -1.89. The molecule has 1 N–H and O–H groups in total. The maximum Gasteiger partial charge on any atom is 0.328 e. The molecule has 0 aliphatic rings. The third kappa shape index (κ3) is 3.84. The minimum atomic E-state index is -1.01. The van der Waals surface area contributed by atoms with Crippen molar-refractivity contribution in [1.29, 1.82) is 0 Å². The van der Waals surface area contributed by atoms with Crippen molar-refractivity contribution in [3.05, 3.63) is 54.4 Å². The molecule has 5 nitrogen and oxygen atoms in total. The molecule has 2 aromatic rings. The molecule has 0 spiro atoms. The lowest BCUT2D eigenvalue weighted by atomic mass is 10.2. The molecular weight excluding hydrogens is 258 g/mol. The van der Waals surface area contributed by atoms with Crippen molar-refractivity contribution in [2.75, 3.05) is 7.11 Å². The Balaban J connectivity index is 2.12. The van der Waals surface area contributed by atoms with Gasteiger partial charge in [0.2, 0.25) is 0 Å². The highest BCUT2D eigenvalue weighted by Crippen LogP contribution is 2.23. The van der Waals surface area contributed by atoms with Crippen molar-refractivity contribution in [3.63, 3.8) is 0 Å². The molecule has 1 aromatic carbocycles. The van der Waals surface area contributed by atoms with Crippen LogP contribution in [0.2, 0.25) is 0 Å². The first-order valence-electron chi connectivity index (χ1n) is 5.85. The van der Waals surface area contributed by atoms with Crippen LogP contribution in [0.3, 0.4) is 0 Å². The van der Waals surface area contributed by atoms with E-state index in [-0.39, 0.29) is 0 Å². The maximum atomic E-state index is 10.5. The van der Waals surface area contributed by atoms with Crippen molar-refractivity contribution >= 4 is 12.0 Å². The zero-order chi connectivity index (χ0) is 14.4. The zero-order valence-corrected chi connectivity index (χ0v) is 10.8. The maximum absolute atomic E-state index is 10.5. The summed E-state index contributed by atoms with van der Waals surface area (Å²) < 4.78 is 10.7. The summed E-state index contributed by atoms with van der Waals surface area (Å²) in [6, 6.07) is 8.84. The predicted molar refractivity (Wildman–Crippen MR) is 74.0 cm³/mol. The summed E-state index contributed by atoms with van der Waals surface area (Å²) in [5, 5.41) is 8.58. The van der Waals surface area contributed by atoms with E-state index in [0.29, 0.717) is 17.1 Å². The molecular formula is C15H13NO4. The van der Waals surface area contributed by atoms with Gasteiger partial charge in [0.1, 0.15) is 17.2 Å². The molecule has 0 aliphatic heterocycles. The largest absolute Gasteiger partial charge is 0.497 e. The number of aromatic nitrogens is 1. The van der Waals surface area contributed by atoms with Gasteiger partial charge in [0, 0.05) is 12.3 Å². The zero-order valence-electron chi connectivity index (χ0n) is 10.8. The summed E-state index contributed by atoms with van der Waals surface area (Å²) in [6.07, 6.45) is 5.62. The smallest absolute Gasteiger partial charge is 0.328 e. The van der Waals surface area contributed by atoms with Gasteiger partial charge in [-0.05, 0) is 42.0 Å². The van der Waals surface area contributed by atoms with Gasteiger partial charge in [-0.15, -0.1) is 0 Å². The van der Waals surface area contributed by atoms with Gasteiger partial charge in [0.05, 0.1) is 13.3 Å². The van der Waals surface area contributed by atoms with Crippen LogP contribution in [0.15, 0.2) is 48.8 Å². The second-order valence-corrected chi connectivity index (χ2v) is 3.90. The van der Waals surface area contributed by atoms with Crippen LogP contribution >= 0.6 is 0 Å². The first-order chi connectivity index (χ1) is 9.67. The van der Waals surface area contributed by atoms with Gasteiger partial charge in [-0.2, -0.15) is 0 Å². The minimum Gasteiger partial charge on any atom is -0.497 e. The van der Waals surface area contributed by atoms with E-state index in [1.54, 1.807) is 49.8 Å². The van der Waals surface area contributed by atoms with E-state index in [2.05, 4.69) is 4.98 Å². The second-order valence-electron chi connectivity index (χ2n) is 3.90. The Bertz CT molecular complexity index is 620. The van der Waals surface area contributed by atoms with Crippen molar-refractivity contribution in [2.24, 2.45) is 0 Å². The molecule has 0 atom stereocenters. The number of hydrogen-bond donors (Lipinski definition) is 1. The molecule has 1 aromatic heterocycles. The highest BCUT2D eigenvalue weighted by molar-refractivity contribution is 5.85. The summed E-state index contributed by atoms with van der Waals surface area (Å²) in [7, 11) is 1.60. The third-order valence-corrected chi connectivity index (χ3v) is 2.45. The highest BCUT2D eigenvalue weighted by atomic mass is 16.5. The highest BCUT2D eigenvalue weighted by Gasteiger charge is 2.00. The van der Waals surface area contributed by atoms with Crippen LogP contribution in [0.5, 0.6) is 17.2 Å². The molecule has 0 saturated carbocycles. The van der Waals surface area contributed by atoms with Gasteiger partial charge in [0.15, 0.2) is 0 Å². The van der Waals surface area contributed by atoms with E-state index in [1.807, 2.05) is 0 Å². The van der Waals surface area contributed by atoms with Crippen LogP contribution in [0, 0.1) is 0 Å². The third-order valence-electron chi connectivity index (χ3n) is 2.45. The summed E-state index contributed by atoms with van der Waals surface area (Å²) in [4.78, 5) is 14.5. The number of hydrogen-bond acceptors (Lipinski definition) is 4. The van der Waals surface area contributed by atoms with Crippen molar-refractivity contribution < 1.29 is 19.4 Å². The summed E-state index contributed by atoms with van der Waals surface area (Å²) in [6.45, 7) is 0. The number of methoxy groups -OCH3 is 1. The fourth-order valence-corrected chi connectivity index (χ4v) is 1.53. The molecule has 1 heterocycles. The quantitative estimate of drug-likeness (QED) is 0.847. The predicted octanol–water partition coefficient (Wildman–Crippen LogP) is 2.98.